The molecule has 0 aromatic carbocycles. The summed E-state index contributed by atoms with van der Waals surface area (Å²) in [6.07, 6.45) is 11.9. The van der Waals surface area contributed by atoms with Crippen molar-refractivity contribution in [3.05, 3.63) is 36.0 Å². The lowest BCUT2D eigenvalue weighted by Gasteiger charge is -1.96. The first-order valence-corrected chi connectivity index (χ1v) is 3.63. The average molecular weight is 149 g/mol. The number of hydrogen-bond acceptors (Lipinski definition) is 1. The van der Waals surface area contributed by atoms with Crippen LogP contribution in [0, 0.1) is 0 Å². The molecule has 1 rings (SSSR count). The molecule has 2 nitrogen and oxygen atoms in total. The number of allylic oxidation sites excluding steroid dienone is 4. The molecule has 1 aliphatic rings. The fourth-order valence-electron chi connectivity index (χ4n) is 0.901. The van der Waals surface area contributed by atoms with Gasteiger partial charge in [0, 0.05) is 6.54 Å². The molecule has 0 bridgehead atoms. The van der Waals surface area contributed by atoms with E-state index in [-0.39, 0.29) is 0 Å². The van der Waals surface area contributed by atoms with Crippen LogP contribution in [0.5, 0.6) is 0 Å². The zero-order valence-electron chi connectivity index (χ0n) is 6.29. The van der Waals surface area contributed by atoms with Crippen molar-refractivity contribution in [2.75, 3.05) is 6.54 Å². The van der Waals surface area contributed by atoms with Crippen LogP contribution >= 0.6 is 0 Å². The summed E-state index contributed by atoms with van der Waals surface area (Å²) in [5.74, 6) is 0. The fourth-order valence-corrected chi connectivity index (χ4v) is 0.901. The first kappa shape index (κ1) is 7.79. The Morgan fingerprint density at radius 3 is 3.27 bits per heavy atom. The molecule has 0 aliphatic heterocycles. The highest BCUT2D eigenvalue weighted by molar-refractivity contribution is 5.47. The zero-order chi connectivity index (χ0) is 7.94. The quantitative estimate of drug-likeness (QED) is 0.600. The van der Waals surface area contributed by atoms with Crippen molar-refractivity contribution in [2.45, 2.75) is 6.42 Å². The van der Waals surface area contributed by atoms with E-state index in [2.05, 4.69) is 17.5 Å². The molecule has 0 unspecified atom stereocenters. The van der Waals surface area contributed by atoms with Gasteiger partial charge in [-0.05, 0) is 12.0 Å². The predicted octanol–water partition coefficient (Wildman–Crippen LogP) is 1.17. The summed E-state index contributed by atoms with van der Waals surface area (Å²) in [7, 11) is 0. The van der Waals surface area contributed by atoms with Crippen LogP contribution in [-0.2, 0) is 4.79 Å². The molecule has 0 saturated carbocycles. The van der Waals surface area contributed by atoms with Gasteiger partial charge in [-0.25, -0.2) is 0 Å². The van der Waals surface area contributed by atoms with Gasteiger partial charge in [-0.15, -0.1) is 0 Å². The number of amides is 1. The van der Waals surface area contributed by atoms with Crippen molar-refractivity contribution in [1.82, 2.24) is 5.32 Å². The Kier molecular flexibility index (Phi) is 3.19. The maximum atomic E-state index is 9.95. The molecule has 1 amide bonds. The van der Waals surface area contributed by atoms with Gasteiger partial charge in [0.05, 0.1) is 0 Å². The van der Waals surface area contributed by atoms with E-state index in [1.807, 2.05) is 18.2 Å². The molecule has 0 aromatic rings. The zero-order valence-corrected chi connectivity index (χ0v) is 6.29. The van der Waals surface area contributed by atoms with Crippen molar-refractivity contribution in [1.29, 1.82) is 0 Å². The van der Waals surface area contributed by atoms with Crippen LogP contribution in [0.25, 0.3) is 0 Å². The van der Waals surface area contributed by atoms with E-state index in [0.29, 0.717) is 13.0 Å². The smallest absolute Gasteiger partial charge is 0.207 e. The fraction of sp³-hybridized carbons (Fsp3) is 0.222. The molecule has 2 heteroatoms. The first-order valence-electron chi connectivity index (χ1n) is 3.63. The molecule has 0 atom stereocenters. The van der Waals surface area contributed by atoms with Crippen LogP contribution in [0.1, 0.15) is 6.42 Å². The molecule has 0 fully saturated rings. The number of rotatable bonds is 3. The van der Waals surface area contributed by atoms with Crippen molar-refractivity contribution in [3.63, 3.8) is 0 Å². The molecule has 11 heavy (non-hydrogen) atoms. The summed E-state index contributed by atoms with van der Waals surface area (Å²) in [6, 6.07) is 0. The highest BCUT2D eigenvalue weighted by Crippen LogP contribution is 2.02. The molecular formula is C9H11NO. The van der Waals surface area contributed by atoms with E-state index in [9.17, 15) is 4.79 Å². The summed E-state index contributed by atoms with van der Waals surface area (Å²) in [4.78, 5) is 9.95. The van der Waals surface area contributed by atoms with Crippen LogP contribution in [-0.4, -0.2) is 13.0 Å². The Labute approximate surface area is 66.3 Å². The molecule has 1 N–H and O–H groups in total. The van der Waals surface area contributed by atoms with Gasteiger partial charge in [0.2, 0.25) is 6.41 Å². The summed E-state index contributed by atoms with van der Waals surface area (Å²) in [6.45, 7) is 0.615. The van der Waals surface area contributed by atoms with Crippen molar-refractivity contribution < 1.29 is 4.79 Å². The number of nitrogens with one attached hydrogen (secondary N) is 1. The lowest BCUT2D eigenvalue weighted by Crippen LogP contribution is -2.13. The van der Waals surface area contributed by atoms with Gasteiger partial charge >= 0.3 is 0 Å². The molecule has 58 valence electrons. The van der Waals surface area contributed by atoms with Crippen LogP contribution < -0.4 is 5.32 Å². The van der Waals surface area contributed by atoms with Gasteiger partial charge in [-0.3, -0.25) is 4.79 Å². The highest BCUT2D eigenvalue weighted by atomic mass is 16.1. The number of carbonyl (C=O) groups is 1. The second-order valence-electron chi connectivity index (χ2n) is 2.31. The Morgan fingerprint density at radius 1 is 1.55 bits per heavy atom. The molecule has 0 heterocycles. The maximum Gasteiger partial charge on any atom is 0.207 e. The third-order valence-corrected chi connectivity index (χ3v) is 1.44. The van der Waals surface area contributed by atoms with Crippen molar-refractivity contribution in [2.24, 2.45) is 0 Å². The topological polar surface area (TPSA) is 29.1 Å². The van der Waals surface area contributed by atoms with Crippen molar-refractivity contribution in [3.8, 4) is 0 Å². The minimum Gasteiger partial charge on any atom is -0.355 e. The standard InChI is InChI=1S/C9H11NO/c11-8-10-7-9-5-3-1-2-4-6-9/h1,3-6,8H,2,7H2,(H,10,11). The summed E-state index contributed by atoms with van der Waals surface area (Å²) in [5, 5.41) is 2.61. The Hall–Kier alpha value is -1.31. The van der Waals surface area contributed by atoms with E-state index < -0.39 is 0 Å². The molecular weight excluding hydrogens is 138 g/mol. The molecule has 0 saturated heterocycles. The molecule has 0 radical (unpaired) electrons. The second kappa shape index (κ2) is 4.50. The van der Waals surface area contributed by atoms with E-state index in [0.717, 1.165) is 12.0 Å². The Balaban J connectivity index is 2.48. The SMILES string of the molecule is O=CNCC1=CC=CCC=C1. The minimum atomic E-state index is 0.615. The van der Waals surface area contributed by atoms with Crippen LogP contribution in [0.2, 0.25) is 0 Å². The normalized spacial score (nSPS) is 15.5. The molecule has 0 aromatic heterocycles. The van der Waals surface area contributed by atoms with Gasteiger partial charge in [0.25, 0.3) is 0 Å². The van der Waals surface area contributed by atoms with Gasteiger partial charge in [-0.1, -0.05) is 30.4 Å². The van der Waals surface area contributed by atoms with E-state index in [1.54, 1.807) is 0 Å². The maximum absolute atomic E-state index is 9.95. The first-order chi connectivity index (χ1) is 5.43. The van der Waals surface area contributed by atoms with Crippen LogP contribution in [0.4, 0.5) is 0 Å². The largest absolute Gasteiger partial charge is 0.355 e. The third-order valence-electron chi connectivity index (χ3n) is 1.44. The van der Waals surface area contributed by atoms with Gasteiger partial charge in [-0.2, -0.15) is 0 Å². The van der Waals surface area contributed by atoms with E-state index in [4.69, 9.17) is 0 Å². The second-order valence-corrected chi connectivity index (χ2v) is 2.31. The molecule has 0 spiro atoms. The summed E-state index contributed by atoms with van der Waals surface area (Å²) in [5.41, 5.74) is 1.13. The summed E-state index contributed by atoms with van der Waals surface area (Å²) >= 11 is 0. The predicted molar refractivity (Wildman–Crippen MR) is 45.0 cm³/mol. The Morgan fingerprint density at radius 2 is 2.45 bits per heavy atom. The van der Waals surface area contributed by atoms with Gasteiger partial charge in [0.1, 0.15) is 0 Å². The Bertz CT molecular complexity index is 214. The number of hydrogen-bond donors (Lipinski definition) is 1. The highest BCUT2D eigenvalue weighted by Gasteiger charge is 1.90. The van der Waals surface area contributed by atoms with Crippen LogP contribution in [0.15, 0.2) is 36.0 Å². The van der Waals surface area contributed by atoms with E-state index in [1.165, 1.54) is 0 Å². The third kappa shape index (κ3) is 2.85. The van der Waals surface area contributed by atoms with Crippen molar-refractivity contribution >= 4 is 6.41 Å². The lowest BCUT2D eigenvalue weighted by atomic mass is 10.2. The number of carbonyl (C=O) groups excluding carboxylic acids is 1. The monoisotopic (exact) mass is 149 g/mol. The lowest BCUT2D eigenvalue weighted by molar-refractivity contribution is -0.109. The van der Waals surface area contributed by atoms with Gasteiger partial charge < -0.3 is 5.32 Å². The minimum absolute atomic E-state index is 0.615. The summed E-state index contributed by atoms with van der Waals surface area (Å²) < 4.78 is 0. The van der Waals surface area contributed by atoms with Crippen LogP contribution in [0.3, 0.4) is 0 Å². The average Bonchev–Trinajstić information content (AvgIpc) is 2.28. The van der Waals surface area contributed by atoms with Gasteiger partial charge in [0.15, 0.2) is 0 Å². The van der Waals surface area contributed by atoms with E-state index >= 15 is 0 Å². The molecule has 1 aliphatic carbocycles.